The van der Waals surface area contributed by atoms with Crippen molar-refractivity contribution in [2.45, 2.75) is 18.7 Å². The molecule has 0 radical (unpaired) electrons. The summed E-state index contributed by atoms with van der Waals surface area (Å²) < 4.78 is 27.6. The van der Waals surface area contributed by atoms with Crippen LogP contribution in [0.2, 0.25) is 10.0 Å². The predicted octanol–water partition coefficient (Wildman–Crippen LogP) is 5.66. The Hall–Kier alpha value is -2.54. The molecule has 0 saturated heterocycles. The fourth-order valence-electron chi connectivity index (χ4n) is 2.84. The SMILES string of the molecule is Cc1cc(C)cc(NC(=O)c2cc(NS(=O)(=O)c3ccc(Cl)cc3)ccc2Cl)c1. The Balaban J connectivity index is 1.85. The maximum atomic E-state index is 12.7. The van der Waals surface area contributed by atoms with Gasteiger partial charge in [0, 0.05) is 16.4 Å². The highest BCUT2D eigenvalue weighted by Gasteiger charge is 2.17. The molecule has 2 N–H and O–H groups in total. The molecular weight excluding hydrogens is 431 g/mol. The Morgan fingerprint density at radius 3 is 2.07 bits per heavy atom. The maximum Gasteiger partial charge on any atom is 0.261 e. The minimum Gasteiger partial charge on any atom is -0.322 e. The van der Waals surface area contributed by atoms with Gasteiger partial charge in [0.05, 0.1) is 15.5 Å². The van der Waals surface area contributed by atoms with Gasteiger partial charge in [0.15, 0.2) is 0 Å². The van der Waals surface area contributed by atoms with Gasteiger partial charge in [0.25, 0.3) is 15.9 Å². The van der Waals surface area contributed by atoms with E-state index in [9.17, 15) is 13.2 Å². The van der Waals surface area contributed by atoms with Crippen molar-refractivity contribution in [3.63, 3.8) is 0 Å². The van der Waals surface area contributed by atoms with Crippen LogP contribution in [0.5, 0.6) is 0 Å². The van der Waals surface area contributed by atoms with Gasteiger partial charge in [-0.2, -0.15) is 0 Å². The number of nitrogens with one attached hydrogen (secondary N) is 2. The van der Waals surface area contributed by atoms with Crippen LogP contribution in [0.4, 0.5) is 11.4 Å². The van der Waals surface area contributed by atoms with Gasteiger partial charge in [0.2, 0.25) is 0 Å². The van der Waals surface area contributed by atoms with Crippen LogP contribution >= 0.6 is 23.2 Å². The fourth-order valence-corrected chi connectivity index (χ4v) is 4.21. The molecule has 0 bridgehead atoms. The third-order valence-corrected chi connectivity index (χ3v) is 6.05. The molecule has 0 fully saturated rings. The number of halogens is 2. The molecule has 0 aromatic heterocycles. The van der Waals surface area contributed by atoms with Crippen LogP contribution in [-0.4, -0.2) is 14.3 Å². The smallest absolute Gasteiger partial charge is 0.261 e. The van der Waals surface area contributed by atoms with Gasteiger partial charge in [-0.1, -0.05) is 29.3 Å². The summed E-state index contributed by atoms with van der Waals surface area (Å²) in [5.41, 5.74) is 3.03. The second kappa shape index (κ2) is 8.45. The number of anilines is 2. The molecule has 0 saturated carbocycles. The molecule has 5 nitrogen and oxygen atoms in total. The van der Waals surface area contributed by atoms with Crippen molar-refractivity contribution in [2.75, 3.05) is 10.0 Å². The van der Waals surface area contributed by atoms with Crippen molar-refractivity contribution in [2.24, 2.45) is 0 Å². The van der Waals surface area contributed by atoms with E-state index in [2.05, 4.69) is 10.0 Å². The highest BCUT2D eigenvalue weighted by Crippen LogP contribution is 2.25. The van der Waals surface area contributed by atoms with Crippen molar-refractivity contribution in [3.8, 4) is 0 Å². The first-order valence-electron chi connectivity index (χ1n) is 8.62. The quantitative estimate of drug-likeness (QED) is 0.528. The van der Waals surface area contributed by atoms with Gasteiger partial charge in [-0.15, -0.1) is 0 Å². The van der Waals surface area contributed by atoms with Crippen LogP contribution in [0.15, 0.2) is 65.6 Å². The molecule has 3 aromatic carbocycles. The molecule has 0 unspecified atom stereocenters. The Morgan fingerprint density at radius 2 is 1.45 bits per heavy atom. The number of hydrogen-bond donors (Lipinski definition) is 2. The first kappa shape index (κ1) is 21.2. The number of sulfonamides is 1. The topological polar surface area (TPSA) is 75.3 Å². The lowest BCUT2D eigenvalue weighted by atomic mass is 10.1. The van der Waals surface area contributed by atoms with Gasteiger partial charge < -0.3 is 5.32 Å². The lowest BCUT2D eigenvalue weighted by molar-refractivity contribution is 0.102. The molecule has 8 heteroatoms. The molecule has 29 heavy (non-hydrogen) atoms. The Labute approximate surface area is 179 Å². The van der Waals surface area contributed by atoms with E-state index in [1.165, 1.54) is 42.5 Å². The molecule has 3 aromatic rings. The molecule has 3 rings (SSSR count). The lowest BCUT2D eigenvalue weighted by Crippen LogP contribution is -2.15. The largest absolute Gasteiger partial charge is 0.322 e. The molecule has 0 spiro atoms. The van der Waals surface area contributed by atoms with Crippen molar-refractivity contribution in [1.82, 2.24) is 0 Å². The van der Waals surface area contributed by atoms with Crippen molar-refractivity contribution in [1.29, 1.82) is 0 Å². The second-order valence-electron chi connectivity index (χ2n) is 6.58. The van der Waals surface area contributed by atoms with Crippen LogP contribution in [0.25, 0.3) is 0 Å². The van der Waals surface area contributed by atoms with Crippen LogP contribution in [0, 0.1) is 13.8 Å². The summed E-state index contributed by atoms with van der Waals surface area (Å²) in [6.07, 6.45) is 0. The normalized spacial score (nSPS) is 11.2. The van der Waals surface area contributed by atoms with E-state index in [-0.39, 0.29) is 21.2 Å². The number of carbonyl (C=O) groups is 1. The average Bonchev–Trinajstić information content (AvgIpc) is 2.62. The number of amides is 1. The van der Waals surface area contributed by atoms with Crippen molar-refractivity contribution < 1.29 is 13.2 Å². The number of hydrogen-bond acceptors (Lipinski definition) is 3. The van der Waals surface area contributed by atoms with Crippen molar-refractivity contribution in [3.05, 3.63) is 87.4 Å². The molecule has 1 amide bonds. The summed E-state index contributed by atoms with van der Waals surface area (Å²) in [4.78, 5) is 12.7. The molecule has 0 heterocycles. The van der Waals surface area contributed by atoms with E-state index >= 15 is 0 Å². The van der Waals surface area contributed by atoms with Crippen LogP contribution in [-0.2, 0) is 10.0 Å². The number of rotatable bonds is 5. The van der Waals surface area contributed by atoms with E-state index in [4.69, 9.17) is 23.2 Å². The molecule has 0 atom stereocenters. The zero-order valence-electron chi connectivity index (χ0n) is 15.7. The number of aryl methyl sites for hydroxylation is 2. The van der Waals surface area contributed by atoms with Crippen molar-refractivity contribution >= 4 is 50.5 Å². The highest BCUT2D eigenvalue weighted by molar-refractivity contribution is 7.92. The summed E-state index contributed by atoms with van der Waals surface area (Å²) in [7, 11) is -3.84. The first-order chi connectivity index (χ1) is 13.6. The van der Waals surface area contributed by atoms with Crippen LogP contribution in [0.1, 0.15) is 21.5 Å². The zero-order valence-corrected chi connectivity index (χ0v) is 18.0. The van der Waals surface area contributed by atoms with E-state index < -0.39 is 15.9 Å². The van der Waals surface area contributed by atoms with Gasteiger partial charge in [-0.05, 0) is 79.6 Å². The van der Waals surface area contributed by atoms with E-state index in [0.717, 1.165) is 11.1 Å². The van der Waals surface area contributed by atoms with Gasteiger partial charge in [-0.3, -0.25) is 9.52 Å². The van der Waals surface area contributed by atoms with E-state index in [0.29, 0.717) is 10.7 Å². The number of carbonyl (C=O) groups excluding carboxylic acids is 1. The summed E-state index contributed by atoms with van der Waals surface area (Å²) in [5, 5.41) is 3.43. The molecule has 0 aliphatic carbocycles. The molecule has 0 aliphatic rings. The summed E-state index contributed by atoms with van der Waals surface area (Å²) in [6.45, 7) is 3.86. The summed E-state index contributed by atoms with van der Waals surface area (Å²) in [5.74, 6) is -0.437. The maximum absolute atomic E-state index is 12.7. The second-order valence-corrected chi connectivity index (χ2v) is 9.11. The Morgan fingerprint density at radius 1 is 0.828 bits per heavy atom. The third kappa shape index (κ3) is 5.29. The van der Waals surface area contributed by atoms with Crippen LogP contribution in [0.3, 0.4) is 0 Å². The molecular formula is C21H18Cl2N2O3S. The average molecular weight is 449 g/mol. The molecule has 0 aliphatic heterocycles. The van der Waals surface area contributed by atoms with Gasteiger partial charge in [0.1, 0.15) is 0 Å². The van der Waals surface area contributed by atoms with Gasteiger partial charge >= 0.3 is 0 Å². The summed E-state index contributed by atoms with van der Waals surface area (Å²) in [6, 6.07) is 15.8. The monoisotopic (exact) mass is 448 g/mol. The predicted molar refractivity (Wildman–Crippen MR) is 118 cm³/mol. The Kier molecular flexibility index (Phi) is 6.17. The summed E-state index contributed by atoms with van der Waals surface area (Å²) >= 11 is 12.0. The van der Waals surface area contributed by atoms with E-state index in [1.54, 1.807) is 0 Å². The minimum atomic E-state index is -3.84. The fraction of sp³-hybridized carbons (Fsp3) is 0.0952. The minimum absolute atomic E-state index is 0.0538. The third-order valence-electron chi connectivity index (χ3n) is 4.07. The molecule has 150 valence electrons. The van der Waals surface area contributed by atoms with Gasteiger partial charge in [-0.25, -0.2) is 8.42 Å². The van der Waals surface area contributed by atoms with E-state index in [1.807, 2.05) is 32.0 Å². The standard InChI is InChI=1S/C21H18Cl2N2O3S/c1-13-9-14(2)11-17(10-13)24-21(26)19-12-16(5-8-20(19)23)25-29(27,28)18-6-3-15(22)4-7-18/h3-12,25H,1-2H3,(H,24,26). The first-order valence-corrected chi connectivity index (χ1v) is 10.9. The zero-order chi connectivity index (χ0) is 21.2. The Bertz CT molecular complexity index is 1160. The lowest BCUT2D eigenvalue weighted by Gasteiger charge is -2.12. The van der Waals surface area contributed by atoms with Crippen LogP contribution < -0.4 is 10.0 Å². The number of benzene rings is 3. The highest BCUT2D eigenvalue weighted by atomic mass is 35.5.